The molecular formula is C14H28N2O2. The summed E-state index contributed by atoms with van der Waals surface area (Å²) in [5, 5.41) is 2.90. The smallest absolute Gasteiger partial charge is 0.220 e. The topological polar surface area (TPSA) is 64.3 Å². The van der Waals surface area contributed by atoms with Crippen LogP contribution in [0.2, 0.25) is 0 Å². The van der Waals surface area contributed by atoms with Crippen molar-refractivity contribution in [3.05, 3.63) is 0 Å². The molecule has 0 aromatic carbocycles. The second kappa shape index (κ2) is 8.48. The highest BCUT2D eigenvalue weighted by molar-refractivity contribution is 5.75. The summed E-state index contributed by atoms with van der Waals surface area (Å²) in [7, 11) is 0. The Balaban J connectivity index is 1.99. The molecular weight excluding hydrogens is 228 g/mol. The van der Waals surface area contributed by atoms with Gasteiger partial charge in [0.1, 0.15) is 0 Å². The van der Waals surface area contributed by atoms with E-state index in [1.54, 1.807) is 0 Å². The van der Waals surface area contributed by atoms with Gasteiger partial charge >= 0.3 is 0 Å². The lowest BCUT2D eigenvalue weighted by molar-refractivity contribution is -0.121. The number of amides is 1. The van der Waals surface area contributed by atoms with E-state index < -0.39 is 0 Å². The van der Waals surface area contributed by atoms with Crippen LogP contribution in [0.4, 0.5) is 0 Å². The highest BCUT2D eigenvalue weighted by atomic mass is 16.5. The third-order valence-electron chi connectivity index (χ3n) is 3.55. The molecule has 1 aliphatic rings. The average molecular weight is 256 g/mol. The van der Waals surface area contributed by atoms with Gasteiger partial charge in [0.15, 0.2) is 0 Å². The van der Waals surface area contributed by atoms with Crippen LogP contribution in [-0.4, -0.2) is 31.2 Å². The fraction of sp³-hybridized carbons (Fsp3) is 0.929. The van der Waals surface area contributed by atoms with E-state index in [4.69, 9.17) is 10.5 Å². The van der Waals surface area contributed by atoms with Gasteiger partial charge in [-0.15, -0.1) is 0 Å². The van der Waals surface area contributed by atoms with Crippen LogP contribution >= 0.6 is 0 Å². The zero-order chi connectivity index (χ0) is 13.4. The monoisotopic (exact) mass is 256 g/mol. The van der Waals surface area contributed by atoms with Gasteiger partial charge < -0.3 is 15.8 Å². The lowest BCUT2D eigenvalue weighted by atomic mass is 9.84. The quantitative estimate of drug-likeness (QED) is 0.683. The third kappa shape index (κ3) is 6.97. The van der Waals surface area contributed by atoms with Gasteiger partial charge in [-0.3, -0.25) is 4.79 Å². The number of hydrogen-bond donors (Lipinski definition) is 2. The SMILES string of the molecule is CC(C)OCCNC(=O)CCC1CCC(N)CC1. The minimum absolute atomic E-state index is 0.150. The Morgan fingerprint density at radius 3 is 2.61 bits per heavy atom. The predicted octanol–water partition coefficient (Wildman–Crippen LogP) is 1.83. The first-order valence-corrected chi connectivity index (χ1v) is 7.21. The number of nitrogens with one attached hydrogen (secondary N) is 1. The number of carbonyl (C=O) groups excluding carboxylic acids is 1. The minimum atomic E-state index is 0.150. The van der Waals surface area contributed by atoms with Crippen molar-refractivity contribution in [1.82, 2.24) is 5.32 Å². The van der Waals surface area contributed by atoms with E-state index in [9.17, 15) is 4.79 Å². The largest absolute Gasteiger partial charge is 0.377 e. The molecule has 1 amide bonds. The molecule has 1 saturated carbocycles. The van der Waals surface area contributed by atoms with Gasteiger partial charge in [0.05, 0.1) is 12.7 Å². The summed E-state index contributed by atoms with van der Waals surface area (Å²) < 4.78 is 5.37. The maximum absolute atomic E-state index is 11.6. The molecule has 0 radical (unpaired) electrons. The molecule has 0 aromatic rings. The lowest BCUT2D eigenvalue weighted by Gasteiger charge is -2.25. The van der Waals surface area contributed by atoms with Gasteiger partial charge in [0, 0.05) is 19.0 Å². The first-order valence-electron chi connectivity index (χ1n) is 7.21. The van der Waals surface area contributed by atoms with Crippen LogP contribution in [0.15, 0.2) is 0 Å². The van der Waals surface area contributed by atoms with Crippen molar-refractivity contribution >= 4 is 5.91 Å². The van der Waals surface area contributed by atoms with Crippen LogP contribution in [0.25, 0.3) is 0 Å². The Labute approximate surface area is 111 Å². The van der Waals surface area contributed by atoms with Gasteiger partial charge in [0.2, 0.25) is 5.91 Å². The Morgan fingerprint density at radius 1 is 1.33 bits per heavy atom. The van der Waals surface area contributed by atoms with E-state index in [0.717, 1.165) is 19.3 Å². The standard InChI is InChI=1S/C14H28N2O2/c1-11(2)18-10-9-16-14(17)8-5-12-3-6-13(15)7-4-12/h11-13H,3-10,15H2,1-2H3,(H,16,17). The fourth-order valence-corrected chi connectivity index (χ4v) is 2.39. The highest BCUT2D eigenvalue weighted by Gasteiger charge is 2.18. The summed E-state index contributed by atoms with van der Waals surface area (Å²) in [5.74, 6) is 0.847. The number of carbonyl (C=O) groups is 1. The van der Waals surface area contributed by atoms with Crippen LogP contribution in [0, 0.1) is 5.92 Å². The average Bonchev–Trinajstić information content (AvgIpc) is 2.34. The summed E-state index contributed by atoms with van der Waals surface area (Å²) in [4.78, 5) is 11.6. The molecule has 4 nitrogen and oxygen atoms in total. The Kier molecular flexibility index (Phi) is 7.28. The predicted molar refractivity (Wildman–Crippen MR) is 73.3 cm³/mol. The lowest BCUT2D eigenvalue weighted by Crippen LogP contribution is -2.29. The van der Waals surface area contributed by atoms with E-state index in [1.807, 2.05) is 13.8 Å². The molecule has 106 valence electrons. The summed E-state index contributed by atoms with van der Waals surface area (Å²) in [6, 6.07) is 0.392. The molecule has 0 spiro atoms. The van der Waals surface area contributed by atoms with E-state index in [-0.39, 0.29) is 12.0 Å². The van der Waals surface area contributed by atoms with E-state index in [0.29, 0.717) is 31.5 Å². The van der Waals surface area contributed by atoms with Gasteiger partial charge in [-0.1, -0.05) is 0 Å². The van der Waals surface area contributed by atoms with Crippen LogP contribution in [0.3, 0.4) is 0 Å². The van der Waals surface area contributed by atoms with Crippen molar-refractivity contribution in [2.24, 2.45) is 11.7 Å². The summed E-state index contributed by atoms with van der Waals surface area (Å²) in [6.45, 7) is 5.21. The first-order chi connectivity index (χ1) is 8.58. The van der Waals surface area contributed by atoms with Gasteiger partial charge in [-0.05, 0) is 51.9 Å². The molecule has 0 aliphatic heterocycles. The number of rotatable bonds is 7. The van der Waals surface area contributed by atoms with Crippen LogP contribution in [0.5, 0.6) is 0 Å². The van der Waals surface area contributed by atoms with Crippen molar-refractivity contribution in [2.75, 3.05) is 13.2 Å². The molecule has 4 heteroatoms. The molecule has 3 N–H and O–H groups in total. The fourth-order valence-electron chi connectivity index (χ4n) is 2.39. The van der Waals surface area contributed by atoms with E-state index in [1.165, 1.54) is 12.8 Å². The second-order valence-electron chi connectivity index (χ2n) is 5.59. The van der Waals surface area contributed by atoms with Crippen molar-refractivity contribution in [2.45, 2.75) is 64.5 Å². The first kappa shape index (κ1) is 15.4. The Hall–Kier alpha value is -0.610. The second-order valence-corrected chi connectivity index (χ2v) is 5.59. The van der Waals surface area contributed by atoms with Crippen LogP contribution in [0.1, 0.15) is 52.4 Å². The molecule has 18 heavy (non-hydrogen) atoms. The number of hydrogen-bond acceptors (Lipinski definition) is 3. The normalized spacial score (nSPS) is 24.2. The van der Waals surface area contributed by atoms with Gasteiger partial charge in [-0.25, -0.2) is 0 Å². The maximum atomic E-state index is 11.6. The molecule has 0 heterocycles. The molecule has 0 unspecified atom stereocenters. The summed E-state index contributed by atoms with van der Waals surface area (Å²) in [6.07, 6.45) is 6.48. The zero-order valence-corrected chi connectivity index (χ0v) is 11.8. The van der Waals surface area contributed by atoms with Crippen molar-refractivity contribution < 1.29 is 9.53 Å². The van der Waals surface area contributed by atoms with Crippen molar-refractivity contribution in [3.8, 4) is 0 Å². The number of ether oxygens (including phenoxy) is 1. The highest BCUT2D eigenvalue weighted by Crippen LogP contribution is 2.26. The molecule has 0 bridgehead atoms. The maximum Gasteiger partial charge on any atom is 0.220 e. The van der Waals surface area contributed by atoms with E-state index in [2.05, 4.69) is 5.32 Å². The van der Waals surface area contributed by atoms with Gasteiger partial charge in [0.25, 0.3) is 0 Å². The van der Waals surface area contributed by atoms with Crippen LogP contribution < -0.4 is 11.1 Å². The number of nitrogens with two attached hydrogens (primary N) is 1. The molecule has 1 fully saturated rings. The zero-order valence-electron chi connectivity index (χ0n) is 11.8. The summed E-state index contributed by atoms with van der Waals surface area (Å²) >= 11 is 0. The van der Waals surface area contributed by atoms with Gasteiger partial charge in [-0.2, -0.15) is 0 Å². The van der Waals surface area contributed by atoms with Crippen molar-refractivity contribution in [1.29, 1.82) is 0 Å². The minimum Gasteiger partial charge on any atom is -0.377 e. The van der Waals surface area contributed by atoms with Crippen LogP contribution in [-0.2, 0) is 9.53 Å². The van der Waals surface area contributed by atoms with Crippen molar-refractivity contribution in [3.63, 3.8) is 0 Å². The van der Waals surface area contributed by atoms with E-state index >= 15 is 0 Å². The Bertz CT molecular complexity index is 236. The molecule has 0 saturated heterocycles. The molecule has 1 aliphatic carbocycles. The molecule has 0 atom stereocenters. The Morgan fingerprint density at radius 2 is 2.00 bits per heavy atom. The summed E-state index contributed by atoms with van der Waals surface area (Å²) in [5.41, 5.74) is 5.87. The molecule has 0 aromatic heterocycles. The third-order valence-corrected chi connectivity index (χ3v) is 3.55. The molecule has 1 rings (SSSR count).